The second-order valence-electron chi connectivity index (χ2n) is 11.9. The van der Waals surface area contributed by atoms with E-state index >= 15 is 0 Å². The number of nitrogens with one attached hydrogen (secondary N) is 3. The summed E-state index contributed by atoms with van der Waals surface area (Å²) in [6.07, 6.45) is 2.40. The second-order valence-corrected chi connectivity index (χ2v) is 14.0. The summed E-state index contributed by atoms with van der Waals surface area (Å²) in [5.41, 5.74) is 5.72. The zero-order chi connectivity index (χ0) is 34.9. The maximum atomic E-state index is 13.5. The third kappa shape index (κ3) is 8.95. The molecule has 0 saturated heterocycles. The van der Waals surface area contributed by atoms with Crippen LogP contribution in [0.25, 0.3) is 6.08 Å². The molecule has 0 aliphatic carbocycles. The van der Waals surface area contributed by atoms with Crippen molar-refractivity contribution in [2.75, 3.05) is 22.9 Å². The first kappa shape index (κ1) is 34.4. The molecule has 10 heteroatoms. The van der Waals surface area contributed by atoms with Crippen LogP contribution in [0.4, 0.5) is 10.7 Å². The number of carbonyl (C=O) groups excluding carboxylic acids is 3. The number of thioether (sulfide) groups is 1. The Bertz CT molecular complexity index is 2070. The number of nitriles is 1. The highest BCUT2D eigenvalue weighted by Crippen LogP contribution is 2.37. The summed E-state index contributed by atoms with van der Waals surface area (Å²) in [7, 11) is 0. The number of rotatable bonds is 11. The normalized spacial score (nSPS) is 12.8. The molecular weight excluding hydrogens is 663 g/mol. The quantitative estimate of drug-likeness (QED) is 0.0967. The van der Waals surface area contributed by atoms with Crippen LogP contribution in [0.2, 0.25) is 0 Å². The third-order valence-electron chi connectivity index (χ3n) is 8.13. The summed E-state index contributed by atoms with van der Waals surface area (Å²) >= 11 is 2.80. The van der Waals surface area contributed by atoms with E-state index in [4.69, 9.17) is 0 Å². The van der Waals surface area contributed by atoms with Crippen molar-refractivity contribution in [1.29, 1.82) is 5.26 Å². The van der Waals surface area contributed by atoms with Crippen molar-refractivity contribution in [2.24, 2.45) is 0 Å². The van der Waals surface area contributed by atoms with Gasteiger partial charge in [0.25, 0.3) is 11.8 Å². The Labute approximate surface area is 299 Å². The molecule has 50 heavy (non-hydrogen) atoms. The number of thiophene rings is 1. The van der Waals surface area contributed by atoms with E-state index in [1.807, 2.05) is 61.5 Å². The van der Waals surface area contributed by atoms with E-state index < -0.39 is 11.8 Å². The van der Waals surface area contributed by atoms with Crippen molar-refractivity contribution in [1.82, 2.24) is 10.2 Å². The Balaban J connectivity index is 1.08. The molecule has 1 aliphatic rings. The van der Waals surface area contributed by atoms with Crippen molar-refractivity contribution in [3.8, 4) is 6.07 Å². The van der Waals surface area contributed by atoms with Gasteiger partial charge in [-0.3, -0.25) is 19.3 Å². The van der Waals surface area contributed by atoms with Gasteiger partial charge in [0.05, 0.1) is 11.3 Å². The number of amides is 3. The Morgan fingerprint density at radius 2 is 1.66 bits per heavy atom. The van der Waals surface area contributed by atoms with Crippen LogP contribution in [-0.2, 0) is 29.1 Å². The van der Waals surface area contributed by atoms with Gasteiger partial charge in [-0.2, -0.15) is 5.26 Å². The van der Waals surface area contributed by atoms with Gasteiger partial charge in [0.15, 0.2) is 0 Å². The van der Waals surface area contributed by atoms with Gasteiger partial charge >= 0.3 is 0 Å². The number of nitrogens with zero attached hydrogens (tertiary/aromatic N) is 2. The highest BCUT2D eigenvalue weighted by Gasteiger charge is 2.25. The van der Waals surface area contributed by atoms with Crippen molar-refractivity contribution in [2.45, 2.75) is 31.3 Å². The first-order chi connectivity index (χ1) is 24.3. The molecular formula is C40H35N5O3S2. The number of hydrogen-bond donors (Lipinski definition) is 3. The minimum Gasteiger partial charge on any atom is -0.321 e. The van der Waals surface area contributed by atoms with Gasteiger partial charge < -0.3 is 16.0 Å². The molecule has 0 bridgehead atoms. The van der Waals surface area contributed by atoms with E-state index in [1.165, 1.54) is 28.7 Å². The average Bonchev–Trinajstić information content (AvgIpc) is 3.48. The molecule has 0 saturated carbocycles. The fraction of sp³-hybridized carbons (Fsp3) is 0.150. The molecule has 0 radical (unpaired) electrons. The van der Waals surface area contributed by atoms with Gasteiger partial charge in [-0.05, 0) is 66.4 Å². The largest absolute Gasteiger partial charge is 0.321 e. The summed E-state index contributed by atoms with van der Waals surface area (Å²) in [6, 6.07) is 36.2. The average molecular weight is 698 g/mol. The Morgan fingerprint density at radius 3 is 2.40 bits per heavy atom. The zero-order valence-corrected chi connectivity index (χ0v) is 29.1. The predicted molar refractivity (Wildman–Crippen MR) is 201 cm³/mol. The van der Waals surface area contributed by atoms with Gasteiger partial charge in [-0.15, -0.1) is 23.1 Å². The monoisotopic (exact) mass is 697 g/mol. The van der Waals surface area contributed by atoms with Gasteiger partial charge in [-0.25, -0.2) is 0 Å². The number of hydrogen-bond acceptors (Lipinski definition) is 7. The number of fused-ring (bicyclic) bond motifs is 1. The van der Waals surface area contributed by atoms with Crippen molar-refractivity contribution in [3.05, 3.63) is 153 Å². The van der Waals surface area contributed by atoms with Crippen LogP contribution in [0.5, 0.6) is 0 Å². The summed E-state index contributed by atoms with van der Waals surface area (Å²) in [6.45, 7) is 4.41. The van der Waals surface area contributed by atoms with Gasteiger partial charge in [0.1, 0.15) is 16.8 Å². The minimum atomic E-state index is -0.484. The molecule has 4 aromatic carbocycles. The van der Waals surface area contributed by atoms with Crippen LogP contribution >= 0.6 is 23.1 Å². The number of benzene rings is 4. The van der Waals surface area contributed by atoms with Gasteiger partial charge in [-0.1, -0.05) is 84.4 Å². The molecule has 2 heterocycles. The van der Waals surface area contributed by atoms with Gasteiger partial charge in [0, 0.05) is 40.7 Å². The van der Waals surface area contributed by atoms with Crippen LogP contribution in [0, 0.1) is 18.3 Å². The SMILES string of the molecule is Cc1ccc(/C=C(\NC(=O)c2ccccc2)C(=O)Nc2cccc(SCC(=O)Nc3sc4c(c3C#N)CCN(Cc3ccccc3)C4)c2)cc1. The summed E-state index contributed by atoms with van der Waals surface area (Å²) < 4.78 is 0. The summed E-state index contributed by atoms with van der Waals surface area (Å²) in [4.78, 5) is 43.8. The molecule has 8 nitrogen and oxygen atoms in total. The molecule has 250 valence electrons. The molecule has 6 rings (SSSR count). The minimum absolute atomic E-state index is 0.0928. The van der Waals surface area contributed by atoms with E-state index in [2.05, 4.69) is 39.1 Å². The van der Waals surface area contributed by atoms with Crippen LogP contribution in [0.1, 0.15) is 43.1 Å². The summed E-state index contributed by atoms with van der Waals surface area (Å²) in [5.74, 6) is -0.975. The molecule has 1 aromatic heterocycles. The first-order valence-electron chi connectivity index (χ1n) is 16.1. The van der Waals surface area contributed by atoms with E-state index in [1.54, 1.807) is 48.5 Å². The molecule has 0 atom stereocenters. The topological polar surface area (TPSA) is 114 Å². The maximum absolute atomic E-state index is 13.5. The number of carbonyl (C=O) groups is 3. The molecule has 1 aliphatic heterocycles. The number of aryl methyl sites for hydroxylation is 1. The standard InChI is InChI=1S/C40H35N5O3S2/c1-27-15-17-28(18-16-27)21-35(43-38(47)30-11-6-3-7-12-30)39(48)42-31-13-8-14-32(22-31)49-26-37(46)44-40-34(23-41)33-19-20-45(25-36(33)50-40)24-29-9-4-2-5-10-29/h2-18,21-22H,19-20,24-26H2,1H3,(H,42,48)(H,43,47)(H,44,46)/b35-21-. The Hall–Kier alpha value is -5.47. The third-order valence-corrected chi connectivity index (χ3v) is 10.3. The molecule has 3 N–H and O–H groups in total. The van der Waals surface area contributed by atoms with Crippen molar-refractivity contribution >= 4 is 57.6 Å². The lowest BCUT2D eigenvalue weighted by Gasteiger charge is -2.26. The van der Waals surface area contributed by atoms with E-state index in [0.717, 1.165) is 52.5 Å². The first-order valence-corrected chi connectivity index (χ1v) is 17.9. The van der Waals surface area contributed by atoms with Crippen LogP contribution in [-0.4, -0.2) is 34.9 Å². The summed E-state index contributed by atoms with van der Waals surface area (Å²) in [5, 5.41) is 19.2. The zero-order valence-electron chi connectivity index (χ0n) is 27.4. The fourth-order valence-electron chi connectivity index (χ4n) is 5.58. The smallest absolute Gasteiger partial charge is 0.272 e. The highest BCUT2D eigenvalue weighted by molar-refractivity contribution is 8.00. The second kappa shape index (κ2) is 16.3. The molecule has 5 aromatic rings. The number of anilines is 2. The molecule has 3 amide bonds. The van der Waals surface area contributed by atoms with E-state index in [0.29, 0.717) is 21.8 Å². The van der Waals surface area contributed by atoms with Crippen LogP contribution < -0.4 is 16.0 Å². The maximum Gasteiger partial charge on any atom is 0.272 e. The lowest BCUT2D eigenvalue weighted by Crippen LogP contribution is -2.30. The van der Waals surface area contributed by atoms with Crippen LogP contribution in [0.15, 0.2) is 120 Å². The predicted octanol–water partition coefficient (Wildman–Crippen LogP) is 7.63. The lowest BCUT2D eigenvalue weighted by atomic mass is 10.0. The Morgan fingerprint density at radius 1 is 0.920 bits per heavy atom. The van der Waals surface area contributed by atoms with Crippen molar-refractivity contribution in [3.63, 3.8) is 0 Å². The van der Waals surface area contributed by atoms with E-state index in [9.17, 15) is 19.6 Å². The molecule has 0 spiro atoms. The van der Waals surface area contributed by atoms with E-state index in [-0.39, 0.29) is 17.4 Å². The van der Waals surface area contributed by atoms with Crippen LogP contribution in [0.3, 0.4) is 0 Å². The molecule has 0 unspecified atom stereocenters. The Kier molecular flexibility index (Phi) is 11.2. The van der Waals surface area contributed by atoms with Crippen molar-refractivity contribution < 1.29 is 14.4 Å². The van der Waals surface area contributed by atoms with Gasteiger partial charge in [0.2, 0.25) is 5.91 Å². The lowest BCUT2D eigenvalue weighted by molar-refractivity contribution is -0.114. The fourth-order valence-corrected chi connectivity index (χ4v) is 7.60. The molecule has 0 fully saturated rings. The highest BCUT2D eigenvalue weighted by atomic mass is 32.2.